The molecule has 0 aliphatic carbocycles. The van der Waals surface area contributed by atoms with E-state index in [0.717, 1.165) is 13.2 Å². The fourth-order valence-corrected chi connectivity index (χ4v) is 1.54. The van der Waals surface area contributed by atoms with E-state index in [9.17, 15) is 0 Å². The van der Waals surface area contributed by atoms with Gasteiger partial charge < -0.3 is 38.6 Å². The molecule has 2 aliphatic rings. The van der Waals surface area contributed by atoms with Crippen molar-refractivity contribution in [3.63, 3.8) is 0 Å². The van der Waals surface area contributed by atoms with Crippen molar-refractivity contribution in [3.8, 4) is 0 Å². The Bertz CT molecular complexity index is 221. The topological polar surface area (TPSA) is 103 Å². The third-order valence-corrected chi connectivity index (χ3v) is 2.90. The van der Waals surface area contributed by atoms with Crippen molar-refractivity contribution in [2.45, 2.75) is 12.2 Å². The highest BCUT2D eigenvalue weighted by molar-refractivity contribution is 4.67. The van der Waals surface area contributed by atoms with Gasteiger partial charge in [0.25, 0.3) is 0 Å². The van der Waals surface area contributed by atoms with E-state index in [1.54, 1.807) is 0 Å². The van der Waals surface area contributed by atoms with Crippen LogP contribution in [0.25, 0.3) is 0 Å². The molecule has 0 aromatic heterocycles. The van der Waals surface area contributed by atoms with E-state index >= 15 is 0 Å². The van der Waals surface area contributed by atoms with Gasteiger partial charge in [-0.2, -0.15) is 0 Å². The molecule has 0 bridgehead atoms. The van der Waals surface area contributed by atoms with Gasteiger partial charge >= 0.3 is 0 Å². The molecule has 2 N–H and O–H groups in total. The summed E-state index contributed by atoms with van der Waals surface area (Å²) in [4.78, 5) is 0. The summed E-state index contributed by atoms with van der Waals surface area (Å²) in [5, 5.41) is 0. The van der Waals surface area contributed by atoms with Gasteiger partial charge in [0.2, 0.25) is 0 Å². The van der Waals surface area contributed by atoms with Gasteiger partial charge in [0, 0.05) is 0 Å². The SMILES string of the molecule is C(COCCOCC1CO1)OCCOCCOCC1CO1.O. The molecule has 2 fully saturated rings. The number of hydrogen-bond donors (Lipinski definition) is 0. The fourth-order valence-electron chi connectivity index (χ4n) is 1.54. The third-order valence-electron chi connectivity index (χ3n) is 2.90. The van der Waals surface area contributed by atoms with Crippen molar-refractivity contribution in [3.05, 3.63) is 0 Å². The summed E-state index contributed by atoms with van der Waals surface area (Å²) in [7, 11) is 0. The first-order chi connectivity index (χ1) is 10.4. The van der Waals surface area contributed by atoms with Crippen LogP contribution in [0, 0.1) is 0 Å². The monoisotopic (exact) mass is 324 g/mol. The van der Waals surface area contributed by atoms with Crippen LogP contribution in [-0.2, 0) is 33.2 Å². The quantitative estimate of drug-likeness (QED) is 0.266. The van der Waals surface area contributed by atoms with E-state index in [0.29, 0.717) is 78.3 Å². The molecule has 0 radical (unpaired) electrons. The minimum Gasteiger partial charge on any atom is -0.412 e. The molecular formula is C14H28O8. The Hall–Kier alpha value is -0.320. The molecule has 0 amide bonds. The van der Waals surface area contributed by atoms with Gasteiger partial charge in [-0.05, 0) is 0 Å². The molecule has 0 saturated carbocycles. The lowest BCUT2D eigenvalue weighted by Gasteiger charge is -2.07. The molecule has 2 saturated heterocycles. The molecule has 22 heavy (non-hydrogen) atoms. The maximum Gasteiger partial charge on any atom is 0.104 e. The Morgan fingerprint density at radius 1 is 0.545 bits per heavy atom. The molecule has 2 aliphatic heterocycles. The van der Waals surface area contributed by atoms with Gasteiger partial charge in [-0.25, -0.2) is 0 Å². The third kappa shape index (κ3) is 12.2. The molecule has 2 heterocycles. The lowest BCUT2D eigenvalue weighted by molar-refractivity contribution is -0.0127. The molecule has 0 aromatic carbocycles. The van der Waals surface area contributed by atoms with Crippen molar-refractivity contribution >= 4 is 0 Å². The summed E-state index contributed by atoms with van der Waals surface area (Å²) in [6.07, 6.45) is 0.640. The van der Waals surface area contributed by atoms with Gasteiger partial charge in [0.05, 0.1) is 79.3 Å². The van der Waals surface area contributed by atoms with Crippen molar-refractivity contribution in [1.82, 2.24) is 0 Å². The molecule has 2 unspecified atom stereocenters. The zero-order chi connectivity index (χ0) is 14.6. The zero-order valence-electron chi connectivity index (χ0n) is 13.0. The van der Waals surface area contributed by atoms with Crippen LogP contribution in [0.2, 0.25) is 0 Å². The fraction of sp³-hybridized carbons (Fsp3) is 1.00. The predicted molar refractivity (Wildman–Crippen MR) is 77.2 cm³/mol. The Labute approximate surface area is 131 Å². The minimum atomic E-state index is 0. The highest BCUT2D eigenvalue weighted by Crippen LogP contribution is 2.08. The lowest BCUT2D eigenvalue weighted by Crippen LogP contribution is -2.14. The Kier molecular flexibility index (Phi) is 11.8. The van der Waals surface area contributed by atoms with Gasteiger partial charge in [0.1, 0.15) is 12.2 Å². The number of epoxide rings is 2. The summed E-state index contributed by atoms with van der Waals surface area (Å²) in [5.74, 6) is 0. The summed E-state index contributed by atoms with van der Waals surface area (Å²) in [6, 6.07) is 0. The smallest absolute Gasteiger partial charge is 0.104 e. The molecule has 0 spiro atoms. The number of ether oxygens (including phenoxy) is 7. The number of hydrogen-bond acceptors (Lipinski definition) is 7. The van der Waals surface area contributed by atoms with E-state index in [1.807, 2.05) is 0 Å². The van der Waals surface area contributed by atoms with E-state index in [2.05, 4.69) is 0 Å². The molecule has 2 atom stereocenters. The average molecular weight is 324 g/mol. The van der Waals surface area contributed by atoms with Gasteiger partial charge in [-0.15, -0.1) is 0 Å². The minimum absolute atomic E-state index is 0. The van der Waals surface area contributed by atoms with E-state index in [-0.39, 0.29) is 5.48 Å². The van der Waals surface area contributed by atoms with Crippen LogP contribution in [0.15, 0.2) is 0 Å². The normalized spacial score (nSPS) is 22.4. The Morgan fingerprint density at radius 3 is 1.09 bits per heavy atom. The Balaban J connectivity index is 0.00000242. The van der Waals surface area contributed by atoms with Crippen LogP contribution in [0.5, 0.6) is 0 Å². The van der Waals surface area contributed by atoms with Crippen molar-refractivity contribution < 1.29 is 38.6 Å². The number of rotatable bonds is 16. The maximum atomic E-state index is 5.37. The van der Waals surface area contributed by atoms with Crippen LogP contribution in [0.4, 0.5) is 0 Å². The van der Waals surface area contributed by atoms with Crippen LogP contribution in [0.1, 0.15) is 0 Å². The second kappa shape index (κ2) is 13.1. The molecule has 2 rings (SSSR count). The van der Waals surface area contributed by atoms with E-state index in [4.69, 9.17) is 33.2 Å². The second-order valence-electron chi connectivity index (χ2n) is 4.90. The maximum absolute atomic E-state index is 5.37. The molecular weight excluding hydrogens is 296 g/mol. The second-order valence-corrected chi connectivity index (χ2v) is 4.90. The summed E-state index contributed by atoms with van der Waals surface area (Å²) in [6.45, 7) is 7.71. The molecule has 8 heteroatoms. The zero-order valence-corrected chi connectivity index (χ0v) is 13.0. The summed E-state index contributed by atoms with van der Waals surface area (Å²) in [5.41, 5.74) is 0. The van der Waals surface area contributed by atoms with Crippen LogP contribution < -0.4 is 0 Å². The van der Waals surface area contributed by atoms with Crippen LogP contribution >= 0.6 is 0 Å². The summed E-state index contributed by atoms with van der Waals surface area (Å²) >= 11 is 0. The average Bonchev–Trinajstić information content (AvgIpc) is 3.37. The highest BCUT2D eigenvalue weighted by atomic mass is 16.6. The van der Waals surface area contributed by atoms with Crippen molar-refractivity contribution in [2.24, 2.45) is 0 Å². The summed E-state index contributed by atoms with van der Waals surface area (Å²) < 4.78 is 36.8. The van der Waals surface area contributed by atoms with Crippen molar-refractivity contribution in [1.29, 1.82) is 0 Å². The lowest BCUT2D eigenvalue weighted by atomic mass is 10.5. The highest BCUT2D eigenvalue weighted by Gasteiger charge is 2.22. The molecule has 0 aromatic rings. The largest absolute Gasteiger partial charge is 0.412 e. The van der Waals surface area contributed by atoms with Gasteiger partial charge in [0.15, 0.2) is 0 Å². The van der Waals surface area contributed by atoms with E-state index in [1.165, 1.54) is 0 Å². The standard InChI is InChI=1S/C14H26O7.H2O/c1(3-16-5-7-18-9-13-11-20-13)15-2-4-17-6-8-19-10-14-12-21-14;/h13-14H,1-12H2;1H2. The first kappa shape index (κ1) is 19.7. The Morgan fingerprint density at radius 2 is 0.818 bits per heavy atom. The van der Waals surface area contributed by atoms with Gasteiger partial charge in [-0.3, -0.25) is 0 Å². The first-order valence-electron chi connectivity index (χ1n) is 7.57. The molecule has 8 nitrogen and oxygen atoms in total. The van der Waals surface area contributed by atoms with Crippen LogP contribution in [0.3, 0.4) is 0 Å². The van der Waals surface area contributed by atoms with Crippen molar-refractivity contribution in [2.75, 3.05) is 79.3 Å². The predicted octanol–water partition coefficient (Wildman–Crippen LogP) is -0.958. The molecule has 132 valence electrons. The van der Waals surface area contributed by atoms with Gasteiger partial charge in [-0.1, -0.05) is 0 Å². The van der Waals surface area contributed by atoms with E-state index < -0.39 is 0 Å². The first-order valence-corrected chi connectivity index (χ1v) is 7.57. The van der Waals surface area contributed by atoms with Crippen LogP contribution in [-0.4, -0.2) is 97.0 Å².